The van der Waals surface area contributed by atoms with Gasteiger partial charge in [-0.25, -0.2) is 4.68 Å². The molecule has 0 aliphatic carbocycles. The number of hydrogen-bond acceptors (Lipinski definition) is 3. The van der Waals surface area contributed by atoms with E-state index in [4.69, 9.17) is 5.26 Å². The Morgan fingerprint density at radius 3 is 3.00 bits per heavy atom. The minimum atomic E-state index is 0.631. The number of halogens is 1. The average Bonchev–Trinajstić information content (AvgIpc) is 2.85. The molecule has 2 aromatic rings. The van der Waals surface area contributed by atoms with Crippen LogP contribution in [0.4, 0.5) is 5.69 Å². The molecular weight excluding hydrogens is 292 g/mol. The van der Waals surface area contributed by atoms with Crippen molar-refractivity contribution in [2.24, 2.45) is 0 Å². The lowest BCUT2D eigenvalue weighted by Crippen LogP contribution is -1.99. The third-order valence-corrected chi connectivity index (χ3v) is 3.08. The predicted molar refractivity (Wildman–Crippen MR) is 74.8 cm³/mol. The SMILES string of the molecule is C=Cn1cc(CNc2ccc(C#N)cc2Br)cn1. The van der Waals surface area contributed by atoms with Crippen LogP contribution >= 0.6 is 15.9 Å². The summed E-state index contributed by atoms with van der Waals surface area (Å²) in [4.78, 5) is 0. The van der Waals surface area contributed by atoms with Crippen LogP contribution in [-0.2, 0) is 6.54 Å². The minimum Gasteiger partial charge on any atom is -0.380 e. The first kappa shape index (κ1) is 12.4. The molecule has 0 saturated heterocycles. The maximum absolute atomic E-state index is 8.78. The zero-order valence-corrected chi connectivity index (χ0v) is 11.2. The van der Waals surface area contributed by atoms with Crippen molar-refractivity contribution in [2.75, 3.05) is 5.32 Å². The number of benzene rings is 1. The molecule has 0 amide bonds. The third-order valence-electron chi connectivity index (χ3n) is 2.42. The van der Waals surface area contributed by atoms with Crippen molar-refractivity contribution in [3.63, 3.8) is 0 Å². The quantitative estimate of drug-likeness (QED) is 0.943. The van der Waals surface area contributed by atoms with Gasteiger partial charge in [-0.05, 0) is 34.1 Å². The van der Waals surface area contributed by atoms with E-state index in [1.54, 1.807) is 29.2 Å². The maximum Gasteiger partial charge on any atom is 0.0992 e. The van der Waals surface area contributed by atoms with Crippen LogP contribution in [0.25, 0.3) is 6.20 Å². The van der Waals surface area contributed by atoms with Gasteiger partial charge in [-0.1, -0.05) is 6.58 Å². The van der Waals surface area contributed by atoms with E-state index in [1.165, 1.54) is 0 Å². The van der Waals surface area contributed by atoms with Crippen LogP contribution in [0.2, 0.25) is 0 Å². The highest BCUT2D eigenvalue weighted by molar-refractivity contribution is 9.10. The van der Waals surface area contributed by atoms with Crippen LogP contribution in [0.1, 0.15) is 11.1 Å². The Hall–Kier alpha value is -2.06. The molecule has 2 rings (SSSR count). The molecule has 0 bridgehead atoms. The van der Waals surface area contributed by atoms with Gasteiger partial charge in [-0.15, -0.1) is 0 Å². The fourth-order valence-corrected chi connectivity index (χ4v) is 2.01. The Labute approximate surface area is 114 Å². The fraction of sp³-hybridized carbons (Fsp3) is 0.0769. The van der Waals surface area contributed by atoms with Crippen molar-refractivity contribution in [2.45, 2.75) is 6.54 Å². The van der Waals surface area contributed by atoms with Crippen molar-refractivity contribution in [3.05, 3.63) is 52.8 Å². The lowest BCUT2D eigenvalue weighted by molar-refractivity contribution is 0.936. The van der Waals surface area contributed by atoms with Crippen molar-refractivity contribution >= 4 is 27.8 Å². The first-order valence-corrected chi connectivity index (χ1v) is 6.11. The molecule has 0 atom stereocenters. The molecule has 0 unspecified atom stereocenters. The Kier molecular flexibility index (Phi) is 3.80. The number of nitriles is 1. The van der Waals surface area contributed by atoms with E-state index in [0.29, 0.717) is 12.1 Å². The number of hydrogen-bond donors (Lipinski definition) is 1. The number of nitrogens with zero attached hydrogens (tertiary/aromatic N) is 3. The van der Waals surface area contributed by atoms with Gasteiger partial charge in [0.1, 0.15) is 0 Å². The summed E-state index contributed by atoms with van der Waals surface area (Å²) < 4.78 is 2.53. The zero-order valence-electron chi connectivity index (χ0n) is 9.60. The minimum absolute atomic E-state index is 0.631. The zero-order chi connectivity index (χ0) is 13.0. The largest absolute Gasteiger partial charge is 0.380 e. The first-order chi connectivity index (χ1) is 8.72. The van der Waals surface area contributed by atoms with E-state index in [9.17, 15) is 0 Å². The molecule has 0 aliphatic heterocycles. The summed E-state index contributed by atoms with van der Waals surface area (Å²) in [5.74, 6) is 0. The lowest BCUT2D eigenvalue weighted by Gasteiger charge is -2.07. The van der Waals surface area contributed by atoms with Gasteiger partial charge in [0.2, 0.25) is 0 Å². The smallest absolute Gasteiger partial charge is 0.0992 e. The Bertz CT molecular complexity index is 610. The lowest BCUT2D eigenvalue weighted by atomic mass is 10.2. The second-order valence-corrected chi connectivity index (χ2v) is 4.53. The van der Waals surface area contributed by atoms with Gasteiger partial charge in [-0.3, -0.25) is 0 Å². The van der Waals surface area contributed by atoms with Crippen LogP contribution < -0.4 is 5.32 Å². The molecular formula is C13H11BrN4. The second-order valence-electron chi connectivity index (χ2n) is 3.67. The van der Waals surface area contributed by atoms with E-state index >= 15 is 0 Å². The van der Waals surface area contributed by atoms with Gasteiger partial charge < -0.3 is 5.32 Å². The topological polar surface area (TPSA) is 53.6 Å². The third kappa shape index (κ3) is 2.79. The summed E-state index contributed by atoms with van der Waals surface area (Å²) in [6, 6.07) is 7.54. The highest BCUT2D eigenvalue weighted by Crippen LogP contribution is 2.23. The van der Waals surface area contributed by atoms with Gasteiger partial charge in [-0.2, -0.15) is 10.4 Å². The monoisotopic (exact) mass is 302 g/mol. The summed E-state index contributed by atoms with van der Waals surface area (Å²) in [7, 11) is 0. The van der Waals surface area contributed by atoms with Crippen molar-refractivity contribution in [1.82, 2.24) is 9.78 Å². The maximum atomic E-state index is 8.78. The normalized spacial score (nSPS) is 9.78. The molecule has 0 fully saturated rings. The highest BCUT2D eigenvalue weighted by atomic mass is 79.9. The van der Waals surface area contributed by atoms with Crippen molar-refractivity contribution in [1.29, 1.82) is 5.26 Å². The Morgan fingerprint density at radius 2 is 2.39 bits per heavy atom. The predicted octanol–water partition coefficient (Wildman–Crippen LogP) is 3.23. The van der Waals surface area contributed by atoms with Gasteiger partial charge in [0.25, 0.3) is 0 Å². The molecule has 1 N–H and O–H groups in total. The summed E-state index contributed by atoms with van der Waals surface area (Å²) in [6.07, 6.45) is 5.32. The summed E-state index contributed by atoms with van der Waals surface area (Å²) in [5, 5.41) is 16.2. The van der Waals surface area contributed by atoms with E-state index in [0.717, 1.165) is 15.7 Å². The fourth-order valence-electron chi connectivity index (χ4n) is 1.49. The van der Waals surface area contributed by atoms with E-state index < -0.39 is 0 Å². The van der Waals surface area contributed by atoms with E-state index in [1.807, 2.05) is 12.3 Å². The molecule has 90 valence electrons. The molecule has 0 aliphatic rings. The van der Waals surface area contributed by atoms with Crippen molar-refractivity contribution < 1.29 is 0 Å². The van der Waals surface area contributed by atoms with Gasteiger partial charge in [0.15, 0.2) is 0 Å². The number of anilines is 1. The first-order valence-electron chi connectivity index (χ1n) is 5.32. The number of rotatable bonds is 4. The Balaban J connectivity index is 2.06. The molecule has 1 aromatic carbocycles. The van der Waals surface area contributed by atoms with Gasteiger partial charge in [0, 0.05) is 34.7 Å². The molecule has 0 spiro atoms. The number of aromatic nitrogens is 2. The molecule has 0 saturated carbocycles. The second kappa shape index (κ2) is 5.52. The van der Waals surface area contributed by atoms with E-state index in [2.05, 4.69) is 39.0 Å². The van der Waals surface area contributed by atoms with Crippen molar-refractivity contribution in [3.8, 4) is 6.07 Å². The van der Waals surface area contributed by atoms with Crippen LogP contribution in [0.5, 0.6) is 0 Å². The molecule has 0 radical (unpaired) electrons. The van der Waals surface area contributed by atoms with Crippen LogP contribution in [0, 0.1) is 11.3 Å². The number of nitrogens with one attached hydrogen (secondary N) is 1. The molecule has 1 heterocycles. The Morgan fingerprint density at radius 1 is 1.56 bits per heavy atom. The summed E-state index contributed by atoms with van der Waals surface area (Å²) in [5.41, 5.74) is 2.64. The molecule has 18 heavy (non-hydrogen) atoms. The average molecular weight is 303 g/mol. The molecule has 1 aromatic heterocycles. The standard InChI is InChI=1S/C13H11BrN4/c1-2-18-9-11(8-17-18)7-16-13-4-3-10(6-15)5-12(13)14/h2-5,8-9,16H,1,7H2. The van der Waals surface area contributed by atoms with E-state index in [-0.39, 0.29) is 0 Å². The highest BCUT2D eigenvalue weighted by Gasteiger charge is 2.02. The van der Waals surface area contributed by atoms with Gasteiger partial charge in [0.05, 0.1) is 17.8 Å². The molecule has 4 nitrogen and oxygen atoms in total. The van der Waals surface area contributed by atoms with Crippen LogP contribution in [-0.4, -0.2) is 9.78 Å². The summed E-state index contributed by atoms with van der Waals surface area (Å²) in [6.45, 7) is 4.30. The van der Waals surface area contributed by atoms with Gasteiger partial charge >= 0.3 is 0 Å². The van der Waals surface area contributed by atoms with Crippen LogP contribution in [0.15, 0.2) is 41.6 Å². The van der Waals surface area contributed by atoms with Crippen LogP contribution in [0.3, 0.4) is 0 Å². The summed E-state index contributed by atoms with van der Waals surface area (Å²) >= 11 is 3.43. The molecule has 5 heteroatoms.